The number of amides is 1. The molecular formula is C16H15FN6O. The summed E-state index contributed by atoms with van der Waals surface area (Å²) in [5.74, 6) is -0.383. The average Bonchev–Trinajstić information content (AvgIpc) is 3.16. The van der Waals surface area contributed by atoms with E-state index in [0.29, 0.717) is 24.5 Å². The minimum atomic E-state index is -0.301. The first-order chi connectivity index (χ1) is 11.6. The number of hydrogen-bond acceptors (Lipinski definition) is 4. The molecule has 1 aliphatic heterocycles. The second-order valence-electron chi connectivity index (χ2n) is 5.76. The van der Waals surface area contributed by atoms with Gasteiger partial charge in [0.05, 0.1) is 18.1 Å². The number of likely N-dealkylation sites (tertiary alicyclic amines) is 1. The van der Waals surface area contributed by atoms with Crippen LogP contribution >= 0.6 is 0 Å². The van der Waals surface area contributed by atoms with Gasteiger partial charge in [-0.05, 0) is 30.3 Å². The van der Waals surface area contributed by atoms with Crippen molar-refractivity contribution in [3.8, 4) is 11.3 Å². The number of aryl methyl sites for hydroxylation is 1. The largest absolute Gasteiger partial charge is 0.333 e. The van der Waals surface area contributed by atoms with E-state index in [1.807, 2.05) is 0 Å². The summed E-state index contributed by atoms with van der Waals surface area (Å²) in [5.41, 5.74) is 1.92. The number of nitrogens with zero attached hydrogens (tertiary/aromatic N) is 6. The van der Waals surface area contributed by atoms with Gasteiger partial charge in [0.15, 0.2) is 0 Å². The van der Waals surface area contributed by atoms with E-state index in [-0.39, 0.29) is 17.8 Å². The van der Waals surface area contributed by atoms with Crippen LogP contribution in [0.15, 0.2) is 42.7 Å². The summed E-state index contributed by atoms with van der Waals surface area (Å²) in [4.78, 5) is 16.0. The molecule has 1 saturated heterocycles. The summed E-state index contributed by atoms with van der Waals surface area (Å²) in [6.45, 7) is 1.15. The van der Waals surface area contributed by atoms with Crippen molar-refractivity contribution in [1.82, 2.24) is 29.7 Å². The van der Waals surface area contributed by atoms with Gasteiger partial charge < -0.3 is 4.90 Å². The molecule has 0 atom stereocenters. The summed E-state index contributed by atoms with van der Waals surface area (Å²) in [7, 11) is 1.73. The molecule has 0 bridgehead atoms. The first-order valence-electron chi connectivity index (χ1n) is 7.57. The monoisotopic (exact) mass is 326 g/mol. The molecule has 0 spiro atoms. The molecule has 0 saturated carbocycles. The number of hydrogen-bond donors (Lipinski definition) is 0. The molecule has 3 aromatic rings. The van der Waals surface area contributed by atoms with Crippen molar-refractivity contribution in [3.05, 3.63) is 54.2 Å². The van der Waals surface area contributed by atoms with Crippen LogP contribution in [0.3, 0.4) is 0 Å². The van der Waals surface area contributed by atoms with Crippen LogP contribution in [0.25, 0.3) is 11.3 Å². The maximum atomic E-state index is 13.0. The second-order valence-corrected chi connectivity index (χ2v) is 5.76. The zero-order valence-electron chi connectivity index (χ0n) is 13.0. The van der Waals surface area contributed by atoms with E-state index in [0.717, 1.165) is 5.56 Å². The smallest absolute Gasteiger partial charge is 0.272 e. The molecule has 1 aromatic carbocycles. The molecule has 0 aliphatic carbocycles. The Morgan fingerprint density at radius 2 is 1.83 bits per heavy atom. The third kappa shape index (κ3) is 2.45. The number of rotatable bonds is 3. The van der Waals surface area contributed by atoms with Crippen LogP contribution in [-0.2, 0) is 7.05 Å². The summed E-state index contributed by atoms with van der Waals surface area (Å²) in [5, 5.41) is 12.5. The molecule has 2 aromatic heterocycles. The highest BCUT2D eigenvalue weighted by Crippen LogP contribution is 2.24. The van der Waals surface area contributed by atoms with Gasteiger partial charge in [-0.15, -0.1) is 0 Å². The van der Waals surface area contributed by atoms with Crippen molar-refractivity contribution >= 4 is 5.91 Å². The van der Waals surface area contributed by atoms with E-state index in [1.54, 1.807) is 52.0 Å². The zero-order valence-corrected chi connectivity index (χ0v) is 13.0. The predicted molar refractivity (Wildman–Crippen MR) is 83.6 cm³/mol. The Hall–Kier alpha value is -3.03. The first kappa shape index (κ1) is 14.6. The number of carbonyl (C=O) groups excluding carboxylic acids is 1. The molecule has 0 N–H and O–H groups in total. The Balaban J connectivity index is 1.50. The Bertz CT molecular complexity index is 865. The number of benzene rings is 1. The quantitative estimate of drug-likeness (QED) is 0.732. The Morgan fingerprint density at radius 3 is 2.50 bits per heavy atom. The van der Waals surface area contributed by atoms with Crippen LogP contribution in [0.4, 0.5) is 4.39 Å². The fourth-order valence-corrected chi connectivity index (χ4v) is 2.77. The maximum absolute atomic E-state index is 13.0. The van der Waals surface area contributed by atoms with Gasteiger partial charge in [0.2, 0.25) is 0 Å². The molecule has 1 aliphatic rings. The topological polar surface area (TPSA) is 68.8 Å². The summed E-state index contributed by atoms with van der Waals surface area (Å²) < 4.78 is 14.6. The third-order valence-electron chi connectivity index (χ3n) is 4.15. The zero-order chi connectivity index (χ0) is 16.7. The molecule has 122 valence electrons. The van der Waals surface area contributed by atoms with Crippen LogP contribution in [0.5, 0.6) is 0 Å². The van der Waals surface area contributed by atoms with E-state index in [2.05, 4.69) is 15.3 Å². The van der Waals surface area contributed by atoms with Crippen molar-refractivity contribution < 1.29 is 9.18 Å². The Labute approximate surface area is 137 Å². The predicted octanol–water partition coefficient (Wildman–Crippen LogP) is 1.51. The first-order valence-corrected chi connectivity index (χ1v) is 7.57. The standard InChI is InChI=1S/C16H15FN6O/c1-21-15(8-14(20-21)11-2-4-12(17)5-3-11)16(24)22-9-13(10-22)23-18-6-7-19-23/h2-8,13H,9-10H2,1H3. The summed E-state index contributed by atoms with van der Waals surface area (Å²) in [6, 6.07) is 7.90. The SMILES string of the molecule is Cn1nc(-c2ccc(F)cc2)cc1C(=O)N1CC(n2nccn2)C1. The van der Waals surface area contributed by atoms with Gasteiger partial charge >= 0.3 is 0 Å². The minimum Gasteiger partial charge on any atom is -0.333 e. The molecule has 3 heterocycles. The van der Waals surface area contributed by atoms with Gasteiger partial charge in [-0.1, -0.05) is 0 Å². The molecular weight excluding hydrogens is 311 g/mol. The highest BCUT2D eigenvalue weighted by molar-refractivity contribution is 5.94. The lowest BCUT2D eigenvalue weighted by Gasteiger charge is -2.38. The summed E-state index contributed by atoms with van der Waals surface area (Å²) in [6.07, 6.45) is 3.25. The van der Waals surface area contributed by atoms with Crippen molar-refractivity contribution in [2.24, 2.45) is 7.05 Å². The summed E-state index contributed by atoms with van der Waals surface area (Å²) >= 11 is 0. The molecule has 4 rings (SSSR count). The number of halogens is 1. The van der Waals surface area contributed by atoms with E-state index in [4.69, 9.17) is 0 Å². The fraction of sp³-hybridized carbons (Fsp3) is 0.250. The lowest BCUT2D eigenvalue weighted by atomic mass is 10.1. The van der Waals surface area contributed by atoms with E-state index < -0.39 is 0 Å². The van der Waals surface area contributed by atoms with Crippen LogP contribution < -0.4 is 0 Å². The van der Waals surface area contributed by atoms with Crippen LogP contribution in [0.2, 0.25) is 0 Å². The van der Waals surface area contributed by atoms with Gasteiger partial charge in [-0.3, -0.25) is 9.48 Å². The molecule has 8 heteroatoms. The second kappa shape index (κ2) is 5.55. The molecule has 1 fully saturated rings. The molecule has 24 heavy (non-hydrogen) atoms. The van der Waals surface area contributed by atoms with Gasteiger partial charge in [0, 0.05) is 25.7 Å². The van der Waals surface area contributed by atoms with Gasteiger partial charge in [0.1, 0.15) is 17.6 Å². The van der Waals surface area contributed by atoms with Crippen molar-refractivity contribution in [3.63, 3.8) is 0 Å². The van der Waals surface area contributed by atoms with Crippen LogP contribution in [0.1, 0.15) is 16.5 Å². The Kier molecular flexibility index (Phi) is 3.37. The van der Waals surface area contributed by atoms with Crippen molar-refractivity contribution in [2.75, 3.05) is 13.1 Å². The van der Waals surface area contributed by atoms with Crippen LogP contribution in [-0.4, -0.2) is 48.7 Å². The third-order valence-corrected chi connectivity index (χ3v) is 4.15. The lowest BCUT2D eigenvalue weighted by Crippen LogP contribution is -2.51. The molecule has 1 amide bonds. The van der Waals surface area contributed by atoms with E-state index >= 15 is 0 Å². The van der Waals surface area contributed by atoms with Crippen LogP contribution in [0, 0.1) is 5.82 Å². The highest BCUT2D eigenvalue weighted by atomic mass is 19.1. The minimum absolute atomic E-state index is 0.0817. The molecule has 7 nitrogen and oxygen atoms in total. The van der Waals surface area contributed by atoms with E-state index in [9.17, 15) is 9.18 Å². The van der Waals surface area contributed by atoms with Gasteiger partial charge in [-0.2, -0.15) is 20.1 Å². The van der Waals surface area contributed by atoms with Gasteiger partial charge in [0.25, 0.3) is 5.91 Å². The average molecular weight is 326 g/mol. The van der Waals surface area contributed by atoms with Gasteiger partial charge in [-0.25, -0.2) is 4.39 Å². The van der Waals surface area contributed by atoms with E-state index in [1.165, 1.54) is 12.1 Å². The molecule has 0 radical (unpaired) electrons. The fourth-order valence-electron chi connectivity index (χ4n) is 2.77. The van der Waals surface area contributed by atoms with Crippen molar-refractivity contribution in [2.45, 2.75) is 6.04 Å². The normalized spacial score (nSPS) is 14.7. The Morgan fingerprint density at radius 1 is 1.17 bits per heavy atom. The molecule has 0 unspecified atom stereocenters. The maximum Gasteiger partial charge on any atom is 0.272 e. The number of aromatic nitrogens is 5. The lowest BCUT2D eigenvalue weighted by molar-refractivity contribution is 0.0465. The highest BCUT2D eigenvalue weighted by Gasteiger charge is 2.34. The van der Waals surface area contributed by atoms with Crippen molar-refractivity contribution in [1.29, 1.82) is 0 Å². The number of carbonyl (C=O) groups is 1.